The highest BCUT2D eigenvalue weighted by Gasteiger charge is 2.25. The van der Waals surface area contributed by atoms with Gasteiger partial charge in [0.2, 0.25) is 5.91 Å². The largest absolute Gasteiger partial charge is 0.351 e. The SMILES string of the molecule is O=C(CSc1nc2ccccc2n1S(=O)(=O)c1cccs1)NCc1ccccc1. The number of hydrogen-bond donors (Lipinski definition) is 1. The predicted molar refractivity (Wildman–Crippen MR) is 116 cm³/mol. The number of fused-ring (bicyclic) bond motifs is 1. The lowest BCUT2D eigenvalue weighted by Gasteiger charge is -2.09. The van der Waals surface area contributed by atoms with Crippen molar-refractivity contribution in [2.75, 3.05) is 5.75 Å². The molecule has 1 amide bonds. The van der Waals surface area contributed by atoms with Crippen molar-refractivity contribution in [1.29, 1.82) is 0 Å². The summed E-state index contributed by atoms with van der Waals surface area (Å²) in [5.74, 6) is -0.123. The third-order valence-corrected chi connectivity index (χ3v) is 8.28. The lowest BCUT2D eigenvalue weighted by Crippen LogP contribution is -2.25. The fraction of sp³-hybridized carbons (Fsp3) is 0.100. The molecule has 148 valence electrons. The Kier molecular flexibility index (Phi) is 5.70. The molecule has 2 aromatic carbocycles. The van der Waals surface area contributed by atoms with E-state index >= 15 is 0 Å². The van der Waals surface area contributed by atoms with Crippen LogP contribution in [0.3, 0.4) is 0 Å². The summed E-state index contributed by atoms with van der Waals surface area (Å²) < 4.78 is 27.8. The van der Waals surface area contributed by atoms with Crippen LogP contribution in [0.2, 0.25) is 0 Å². The molecule has 1 N–H and O–H groups in total. The zero-order valence-electron chi connectivity index (χ0n) is 15.2. The van der Waals surface area contributed by atoms with E-state index < -0.39 is 10.0 Å². The van der Waals surface area contributed by atoms with Crippen LogP contribution in [0.25, 0.3) is 11.0 Å². The van der Waals surface area contributed by atoms with Crippen LogP contribution in [0.15, 0.2) is 81.5 Å². The highest BCUT2D eigenvalue weighted by Crippen LogP contribution is 2.30. The first-order valence-electron chi connectivity index (χ1n) is 8.76. The molecular formula is C20H17N3O3S3. The van der Waals surface area contributed by atoms with Crippen LogP contribution in [0.1, 0.15) is 5.56 Å². The zero-order chi connectivity index (χ0) is 20.3. The Hall–Kier alpha value is -2.62. The predicted octanol–water partition coefficient (Wildman–Crippen LogP) is 3.74. The number of aromatic nitrogens is 2. The molecule has 2 heterocycles. The zero-order valence-corrected chi connectivity index (χ0v) is 17.6. The van der Waals surface area contributed by atoms with Crippen molar-refractivity contribution in [3.05, 3.63) is 77.7 Å². The molecule has 6 nitrogen and oxygen atoms in total. The molecule has 0 spiro atoms. The summed E-state index contributed by atoms with van der Waals surface area (Å²) in [4.78, 5) is 16.7. The van der Waals surface area contributed by atoms with Gasteiger partial charge in [-0.15, -0.1) is 11.3 Å². The number of nitrogens with zero attached hydrogens (tertiary/aromatic N) is 2. The second-order valence-electron chi connectivity index (χ2n) is 6.14. The maximum Gasteiger partial charge on any atom is 0.279 e. The van der Waals surface area contributed by atoms with Crippen LogP contribution in [0.5, 0.6) is 0 Å². The number of imidazole rings is 1. The van der Waals surface area contributed by atoms with E-state index in [1.54, 1.807) is 41.8 Å². The van der Waals surface area contributed by atoms with Crippen LogP contribution in [0, 0.1) is 0 Å². The van der Waals surface area contributed by atoms with E-state index in [-0.39, 0.29) is 21.0 Å². The fourth-order valence-corrected chi connectivity index (χ4v) is 6.39. The molecular weight excluding hydrogens is 426 g/mol. The summed E-state index contributed by atoms with van der Waals surface area (Å²) in [5.41, 5.74) is 2.06. The van der Waals surface area contributed by atoms with Crippen LogP contribution < -0.4 is 5.32 Å². The van der Waals surface area contributed by atoms with Gasteiger partial charge in [0.1, 0.15) is 4.21 Å². The summed E-state index contributed by atoms with van der Waals surface area (Å²) >= 11 is 2.26. The van der Waals surface area contributed by atoms with Gasteiger partial charge in [-0.3, -0.25) is 4.79 Å². The van der Waals surface area contributed by atoms with Crippen LogP contribution in [-0.2, 0) is 21.4 Å². The molecule has 2 aromatic heterocycles. The topological polar surface area (TPSA) is 81.1 Å². The van der Waals surface area contributed by atoms with Gasteiger partial charge in [-0.05, 0) is 29.1 Å². The number of benzene rings is 2. The van der Waals surface area contributed by atoms with Gasteiger partial charge in [-0.25, -0.2) is 8.96 Å². The average molecular weight is 444 g/mol. The molecule has 4 rings (SSSR count). The summed E-state index contributed by atoms with van der Waals surface area (Å²) in [6.45, 7) is 0.421. The Morgan fingerprint density at radius 3 is 2.55 bits per heavy atom. The van der Waals surface area contributed by atoms with Crippen molar-refractivity contribution < 1.29 is 13.2 Å². The van der Waals surface area contributed by atoms with Crippen molar-refractivity contribution in [2.45, 2.75) is 15.9 Å². The van der Waals surface area contributed by atoms with Crippen LogP contribution in [0.4, 0.5) is 0 Å². The maximum atomic E-state index is 13.2. The summed E-state index contributed by atoms with van der Waals surface area (Å²) in [6, 6.07) is 19.9. The number of thioether (sulfide) groups is 1. The van der Waals surface area contributed by atoms with Gasteiger partial charge in [-0.1, -0.05) is 60.3 Å². The molecule has 0 radical (unpaired) electrons. The molecule has 0 atom stereocenters. The number of carbonyl (C=O) groups excluding carboxylic acids is 1. The first-order valence-corrected chi connectivity index (χ1v) is 12.1. The van der Waals surface area contributed by atoms with Crippen LogP contribution >= 0.6 is 23.1 Å². The van der Waals surface area contributed by atoms with E-state index in [1.807, 2.05) is 30.3 Å². The smallest absolute Gasteiger partial charge is 0.279 e. The minimum Gasteiger partial charge on any atom is -0.351 e. The van der Waals surface area contributed by atoms with Gasteiger partial charge in [0.25, 0.3) is 10.0 Å². The quantitative estimate of drug-likeness (QED) is 0.440. The summed E-state index contributed by atoms with van der Waals surface area (Å²) in [6.07, 6.45) is 0. The van der Waals surface area contributed by atoms with Crippen molar-refractivity contribution in [1.82, 2.24) is 14.3 Å². The van der Waals surface area contributed by atoms with E-state index in [1.165, 1.54) is 3.97 Å². The Labute approximate surface area is 176 Å². The molecule has 29 heavy (non-hydrogen) atoms. The van der Waals surface area contributed by atoms with Gasteiger partial charge < -0.3 is 5.32 Å². The monoisotopic (exact) mass is 443 g/mol. The molecule has 4 aromatic rings. The van der Waals surface area contributed by atoms with Crippen LogP contribution in [-0.4, -0.2) is 29.0 Å². The summed E-state index contributed by atoms with van der Waals surface area (Å²) in [5, 5.41) is 4.84. The normalized spacial score (nSPS) is 11.6. The lowest BCUT2D eigenvalue weighted by atomic mass is 10.2. The Morgan fingerprint density at radius 2 is 1.79 bits per heavy atom. The van der Waals surface area contributed by atoms with Crippen molar-refractivity contribution in [3.63, 3.8) is 0 Å². The van der Waals surface area contributed by atoms with Gasteiger partial charge in [0.05, 0.1) is 16.8 Å². The molecule has 0 unspecified atom stereocenters. The Bertz CT molecular complexity index is 1230. The molecule has 9 heteroatoms. The summed E-state index contributed by atoms with van der Waals surface area (Å²) in [7, 11) is -3.79. The third-order valence-electron chi connectivity index (χ3n) is 4.14. The Morgan fingerprint density at radius 1 is 1.03 bits per heavy atom. The number of thiophene rings is 1. The Balaban J connectivity index is 1.57. The molecule has 0 saturated heterocycles. The standard InChI is InChI=1S/C20H17N3O3S3/c24-18(21-13-15-7-2-1-3-8-15)14-28-20-22-16-9-4-5-10-17(16)23(20)29(25,26)19-11-6-12-27-19/h1-12H,13-14H2,(H,21,24). The third kappa shape index (κ3) is 4.21. The molecule has 0 aliphatic carbocycles. The molecule has 0 aliphatic rings. The van der Waals surface area contributed by atoms with E-state index in [0.717, 1.165) is 28.7 Å². The van der Waals surface area contributed by atoms with E-state index in [2.05, 4.69) is 10.3 Å². The average Bonchev–Trinajstić information content (AvgIpc) is 3.40. The highest BCUT2D eigenvalue weighted by atomic mass is 32.2. The van der Waals surface area contributed by atoms with Crippen molar-refractivity contribution in [3.8, 4) is 0 Å². The van der Waals surface area contributed by atoms with Gasteiger partial charge in [0, 0.05) is 6.54 Å². The number of nitrogens with one attached hydrogen (secondary N) is 1. The second-order valence-corrected chi connectivity index (χ2v) is 10.0. The number of para-hydroxylation sites is 2. The lowest BCUT2D eigenvalue weighted by molar-refractivity contribution is -0.118. The van der Waals surface area contributed by atoms with Crippen molar-refractivity contribution >= 4 is 50.1 Å². The van der Waals surface area contributed by atoms with Gasteiger partial charge in [-0.2, -0.15) is 8.42 Å². The van der Waals surface area contributed by atoms with E-state index in [9.17, 15) is 13.2 Å². The first-order chi connectivity index (χ1) is 14.1. The van der Waals surface area contributed by atoms with Crippen molar-refractivity contribution in [2.24, 2.45) is 0 Å². The number of amides is 1. The maximum absolute atomic E-state index is 13.2. The first kappa shape index (κ1) is 19.7. The molecule has 0 saturated carbocycles. The number of rotatable bonds is 7. The minimum absolute atomic E-state index is 0.0656. The fourth-order valence-electron chi connectivity index (χ4n) is 2.78. The van der Waals surface area contributed by atoms with Gasteiger partial charge in [0.15, 0.2) is 5.16 Å². The minimum atomic E-state index is -3.79. The molecule has 0 bridgehead atoms. The van der Waals surface area contributed by atoms with E-state index in [0.29, 0.717) is 17.6 Å². The molecule has 0 aliphatic heterocycles. The number of hydrogen-bond acceptors (Lipinski definition) is 6. The number of carbonyl (C=O) groups is 1. The second kappa shape index (κ2) is 8.40. The molecule has 0 fully saturated rings. The van der Waals surface area contributed by atoms with Gasteiger partial charge >= 0.3 is 0 Å². The van der Waals surface area contributed by atoms with E-state index in [4.69, 9.17) is 0 Å². The highest BCUT2D eigenvalue weighted by molar-refractivity contribution is 8.00.